The Kier molecular flexibility index (Phi) is 4.89. The number of anilines is 1. The fourth-order valence-corrected chi connectivity index (χ4v) is 4.77. The van der Waals surface area contributed by atoms with E-state index in [2.05, 4.69) is 30.6 Å². The zero-order chi connectivity index (χ0) is 23.2. The number of hydrogen-bond acceptors (Lipinski definition) is 7. The van der Waals surface area contributed by atoms with E-state index < -0.39 is 17.3 Å². The molecule has 5 heterocycles. The Labute approximate surface area is 196 Å². The first-order valence-corrected chi connectivity index (χ1v) is 11.8. The summed E-state index contributed by atoms with van der Waals surface area (Å²) in [5.74, 6) is 0.173. The van der Waals surface area contributed by atoms with Crippen molar-refractivity contribution < 1.29 is 9.35 Å². The molecule has 5 aromatic heterocycles. The van der Waals surface area contributed by atoms with Crippen LogP contribution in [0.1, 0.15) is 29.0 Å². The van der Waals surface area contributed by atoms with Crippen LogP contribution in [0.4, 0.5) is 5.69 Å². The Balaban J connectivity index is 1.35. The van der Waals surface area contributed by atoms with Crippen LogP contribution < -0.4 is 5.32 Å². The molecule has 5 aromatic rings. The summed E-state index contributed by atoms with van der Waals surface area (Å²) in [5.41, 5.74) is 3.65. The van der Waals surface area contributed by atoms with Crippen LogP contribution in [0.3, 0.4) is 0 Å². The van der Waals surface area contributed by atoms with Crippen molar-refractivity contribution in [1.82, 2.24) is 38.5 Å². The van der Waals surface area contributed by atoms with E-state index in [-0.39, 0.29) is 10.9 Å². The summed E-state index contributed by atoms with van der Waals surface area (Å²) in [6.45, 7) is 1.89. The first-order chi connectivity index (χ1) is 16.5. The number of carbonyl (C=O) groups is 1. The standard InChI is InChI=1S/C22H19N9O2S/c1-14-3-2-4-21(26-14)31-19(15-5-8-20-23-13-25-29(20)11-15)9-18(28-31)22(32)27-16-10-24-30(12-16)34(33)17-6-7-17/h2-5,8-13,17H,6-7H2,1H3,(H,27,32). The topological polar surface area (TPSA) is 131 Å². The molecule has 1 aliphatic carbocycles. The number of nitrogens with zero attached hydrogens (tertiary/aromatic N) is 8. The Hall–Kier alpha value is -4.03. The predicted octanol–water partition coefficient (Wildman–Crippen LogP) is 2.41. The average Bonchev–Trinajstić information content (AvgIpc) is 3.22. The van der Waals surface area contributed by atoms with E-state index in [1.54, 1.807) is 21.5 Å². The third kappa shape index (κ3) is 3.82. The molecular formula is C22H19N9O2S. The highest BCUT2D eigenvalue weighted by Gasteiger charge is 2.37. The van der Waals surface area contributed by atoms with Crippen LogP contribution >= 0.6 is 0 Å². The first kappa shape index (κ1) is 20.6. The van der Waals surface area contributed by atoms with Gasteiger partial charge in [0.1, 0.15) is 17.8 Å². The second-order valence-electron chi connectivity index (χ2n) is 8.01. The molecule has 1 saturated carbocycles. The minimum atomic E-state index is -1.21. The number of rotatable bonds is 6. The molecule has 170 valence electrons. The largest absolute Gasteiger partial charge is 0.591 e. The molecule has 1 aliphatic rings. The van der Waals surface area contributed by atoms with E-state index in [4.69, 9.17) is 0 Å². The van der Waals surface area contributed by atoms with Crippen molar-refractivity contribution in [1.29, 1.82) is 0 Å². The zero-order valence-electron chi connectivity index (χ0n) is 18.1. The van der Waals surface area contributed by atoms with Crippen LogP contribution in [-0.4, -0.2) is 54.3 Å². The zero-order valence-corrected chi connectivity index (χ0v) is 18.9. The second-order valence-corrected chi connectivity index (χ2v) is 9.60. The van der Waals surface area contributed by atoms with Crippen molar-refractivity contribution in [3.05, 3.63) is 72.7 Å². The lowest BCUT2D eigenvalue weighted by Gasteiger charge is -2.07. The highest BCUT2D eigenvalue weighted by molar-refractivity contribution is 7.90. The number of nitrogens with one attached hydrogen (secondary N) is 1. The van der Waals surface area contributed by atoms with Gasteiger partial charge in [-0.2, -0.15) is 10.2 Å². The van der Waals surface area contributed by atoms with Gasteiger partial charge in [-0.15, -0.1) is 5.10 Å². The minimum Gasteiger partial charge on any atom is -0.591 e. The number of pyridine rings is 2. The maximum Gasteiger partial charge on any atom is 0.276 e. The van der Waals surface area contributed by atoms with Gasteiger partial charge in [0.05, 0.1) is 28.9 Å². The van der Waals surface area contributed by atoms with Crippen LogP contribution in [0, 0.1) is 6.92 Å². The summed E-state index contributed by atoms with van der Waals surface area (Å²) >= 11 is -1.21. The Bertz CT molecular complexity index is 1520. The molecule has 0 radical (unpaired) electrons. The molecule has 12 heteroatoms. The molecule has 6 rings (SSSR count). The Morgan fingerprint density at radius 1 is 1.18 bits per heavy atom. The van der Waals surface area contributed by atoms with Crippen LogP contribution in [0.5, 0.6) is 0 Å². The molecule has 1 amide bonds. The molecule has 1 fully saturated rings. The van der Waals surface area contributed by atoms with Crippen molar-refractivity contribution >= 4 is 28.6 Å². The highest BCUT2D eigenvalue weighted by atomic mass is 32.2. The first-order valence-electron chi connectivity index (χ1n) is 10.7. The fraction of sp³-hybridized carbons (Fsp3) is 0.182. The summed E-state index contributed by atoms with van der Waals surface area (Å²) in [6, 6.07) is 11.0. The SMILES string of the molecule is Cc1cccc(-n2nc(C(=O)Nc3cnn([S+]([O-])C4CC4)c3)cc2-c2ccc3ncnn3c2)n1. The third-order valence-electron chi connectivity index (χ3n) is 5.41. The highest BCUT2D eigenvalue weighted by Crippen LogP contribution is 2.30. The van der Waals surface area contributed by atoms with Crippen molar-refractivity contribution in [2.45, 2.75) is 25.0 Å². The molecule has 0 spiro atoms. The molecule has 0 bridgehead atoms. The summed E-state index contributed by atoms with van der Waals surface area (Å²) in [6.07, 6.45) is 8.23. The van der Waals surface area contributed by atoms with E-state index in [0.29, 0.717) is 22.8 Å². The van der Waals surface area contributed by atoms with Gasteiger partial charge in [-0.05, 0) is 37.3 Å². The Morgan fingerprint density at radius 3 is 2.88 bits per heavy atom. The minimum absolute atomic E-state index is 0.144. The van der Waals surface area contributed by atoms with E-state index in [1.807, 2.05) is 43.5 Å². The van der Waals surface area contributed by atoms with E-state index in [9.17, 15) is 9.35 Å². The number of carbonyl (C=O) groups excluding carboxylic acids is 1. The maximum atomic E-state index is 13.1. The van der Waals surface area contributed by atoms with E-state index >= 15 is 0 Å². The summed E-state index contributed by atoms with van der Waals surface area (Å²) in [7, 11) is 0. The predicted molar refractivity (Wildman–Crippen MR) is 125 cm³/mol. The lowest BCUT2D eigenvalue weighted by Crippen LogP contribution is -2.18. The van der Waals surface area contributed by atoms with Gasteiger partial charge in [0.2, 0.25) is 0 Å². The quantitative estimate of drug-likeness (QED) is 0.375. The van der Waals surface area contributed by atoms with Gasteiger partial charge in [-0.1, -0.05) is 10.2 Å². The van der Waals surface area contributed by atoms with Crippen molar-refractivity contribution in [3.63, 3.8) is 0 Å². The lowest BCUT2D eigenvalue weighted by atomic mass is 10.2. The second kappa shape index (κ2) is 8.08. The number of aromatic nitrogens is 8. The summed E-state index contributed by atoms with van der Waals surface area (Å²) in [5, 5.41) is 15.8. The van der Waals surface area contributed by atoms with Gasteiger partial charge in [0.25, 0.3) is 5.91 Å². The van der Waals surface area contributed by atoms with Gasteiger partial charge in [-0.25, -0.2) is 19.2 Å². The third-order valence-corrected chi connectivity index (χ3v) is 7.02. The number of amides is 1. The van der Waals surface area contributed by atoms with Crippen LogP contribution in [-0.2, 0) is 11.4 Å². The smallest absolute Gasteiger partial charge is 0.276 e. The van der Waals surface area contributed by atoms with Gasteiger partial charge in [-0.3, -0.25) is 4.79 Å². The number of fused-ring (bicyclic) bond motifs is 1. The van der Waals surface area contributed by atoms with Crippen molar-refractivity contribution in [3.8, 4) is 17.1 Å². The number of hydrogen-bond donors (Lipinski definition) is 1. The van der Waals surface area contributed by atoms with Gasteiger partial charge >= 0.3 is 0 Å². The van der Waals surface area contributed by atoms with Crippen LogP contribution in [0.15, 0.2) is 61.3 Å². The maximum absolute atomic E-state index is 13.1. The molecule has 0 aliphatic heterocycles. The van der Waals surface area contributed by atoms with Gasteiger partial charge < -0.3 is 9.87 Å². The molecular weight excluding hydrogens is 454 g/mol. The molecule has 11 nitrogen and oxygen atoms in total. The summed E-state index contributed by atoms with van der Waals surface area (Å²) < 4.78 is 17.0. The van der Waals surface area contributed by atoms with Crippen LogP contribution in [0.2, 0.25) is 0 Å². The molecule has 34 heavy (non-hydrogen) atoms. The van der Waals surface area contributed by atoms with E-state index in [1.165, 1.54) is 16.6 Å². The molecule has 1 unspecified atom stereocenters. The molecule has 0 aromatic carbocycles. The van der Waals surface area contributed by atoms with Crippen molar-refractivity contribution in [2.75, 3.05) is 5.32 Å². The van der Waals surface area contributed by atoms with E-state index in [0.717, 1.165) is 24.1 Å². The monoisotopic (exact) mass is 473 g/mol. The normalized spacial score (nSPS) is 14.4. The van der Waals surface area contributed by atoms with Gasteiger partial charge in [0.15, 0.2) is 17.2 Å². The number of aryl methyl sites for hydroxylation is 1. The molecule has 1 N–H and O–H groups in total. The molecule has 1 atom stereocenters. The van der Waals surface area contributed by atoms with Gasteiger partial charge in [0, 0.05) is 30.3 Å². The van der Waals surface area contributed by atoms with Crippen molar-refractivity contribution in [2.24, 2.45) is 0 Å². The summed E-state index contributed by atoms with van der Waals surface area (Å²) in [4.78, 5) is 21.8. The molecule has 0 saturated heterocycles. The lowest BCUT2D eigenvalue weighted by molar-refractivity contribution is 0.102. The average molecular weight is 474 g/mol. The fourth-order valence-electron chi connectivity index (χ4n) is 3.57. The Morgan fingerprint density at radius 2 is 2.06 bits per heavy atom. The van der Waals surface area contributed by atoms with Crippen LogP contribution in [0.25, 0.3) is 22.7 Å².